The number of hydrogen-bond donors (Lipinski definition) is 0. The Kier molecular flexibility index (Phi) is 5.31. The minimum Gasteiger partial charge on any atom is -0.337 e. The molecule has 2 aromatic rings. The first kappa shape index (κ1) is 16.7. The molecule has 0 radical (unpaired) electrons. The highest BCUT2D eigenvalue weighted by Crippen LogP contribution is 2.17. The van der Waals surface area contributed by atoms with Crippen LogP contribution in [0.1, 0.15) is 33.5 Å². The lowest BCUT2D eigenvalue weighted by Crippen LogP contribution is -2.35. The normalized spacial score (nSPS) is 16.0. The van der Waals surface area contributed by atoms with Crippen molar-refractivity contribution in [2.45, 2.75) is 26.8 Å². The summed E-state index contributed by atoms with van der Waals surface area (Å²) in [4.78, 5) is 17.4. The molecule has 1 aliphatic rings. The SMILES string of the molecule is Cc1cccc(C(=O)N2CCCN(Cc3ccccc3)CC2)c1C. The van der Waals surface area contributed by atoms with E-state index in [-0.39, 0.29) is 5.91 Å². The summed E-state index contributed by atoms with van der Waals surface area (Å²) in [5.74, 6) is 0.178. The number of amides is 1. The van der Waals surface area contributed by atoms with Crippen LogP contribution in [0.3, 0.4) is 0 Å². The quantitative estimate of drug-likeness (QED) is 0.861. The van der Waals surface area contributed by atoms with Gasteiger partial charge in [0.1, 0.15) is 0 Å². The van der Waals surface area contributed by atoms with Crippen LogP contribution in [0.5, 0.6) is 0 Å². The molecule has 126 valence electrons. The van der Waals surface area contributed by atoms with Crippen LogP contribution in [0, 0.1) is 13.8 Å². The van der Waals surface area contributed by atoms with E-state index in [2.05, 4.69) is 48.2 Å². The van der Waals surface area contributed by atoms with Gasteiger partial charge in [0.25, 0.3) is 5.91 Å². The van der Waals surface area contributed by atoms with Crippen molar-refractivity contribution in [1.29, 1.82) is 0 Å². The number of benzene rings is 2. The lowest BCUT2D eigenvalue weighted by atomic mass is 10.0. The molecule has 2 aromatic carbocycles. The van der Waals surface area contributed by atoms with Gasteiger partial charge in [-0.2, -0.15) is 0 Å². The fourth-order valence-electron chi connectivity index (χ4n) is 3.33. The van der Waals surface area contributed by atoms with Gasteiger partial charge in [0.2, 0.25) is 0 Å². The van der Waals surface area contributed by atoms with Crippen LogP contribution in [-0.4, -0.2) is 41.9 Å². The summed E-state index contributed by atoms with van der Waals surface area (Å²) in [6.07, 6.45) is 1.03. The zero-order valence-electron chi connectivity index (χ0n) is 14.7. The van der Waals surface area contributed by atoms with Crippen molar-refractivity contribution in [1.82, 2.24) is 9.80 Å². The molecule has 0 atom stereocenters. The molecule has 3 nitrogen and oxygen atoms in total. The van der Waals surface area contributed by atoms with Crippen molar-refractivity contribution in [2.75, 3.05) is 26.2 Å². The van der Waals surface area contributed by atoms with E-state index in [0.717, 1.165) is 50.3 Å². The molecule has 0 aliphatic carbocycles. The summed E-state index contributed by atoms with van der Waals surface area (Å²) in [6.45, 7) is 8.71. The Hall–Kier alpha value is -2.13. The molecule has 1 fully saturated rings. The second kappa shape index (κ2) is 7.63. The van der Waals surface area contributed by atoms with Crippen LogP contribution >= 0.6 is 0 Å². The maximum atomic E-state index is 12.9. The third kappa shape index (κ3) is 3.85. The van der Waals surface area contributed by atoms with Gasteiger partial charge in [-0.15, -0.1) is 0 Å². The van der Waals surface area contributed by atoms with E-state index in [1.54, 1.807) is 0 Å². The third-order valence-corrected chi connectivity index (χ3v) is 4.96. The number of rotatable bonds is 3. The summed E-state index contributed by atoms with van der Waals surface area (Å²) in [6, 6.07) is 16.6. The van der Waals surface area contributed by atoms with Crippen molar-refractivity contribution in [3.05, 3.63) is 70.8 Å². The first-order chi connectivity index (χ1) is 11.6. The molecule has 1 heterocycles. The van der Waals surface area contributed by atoms with Crippen molar-refractivity contribution < 1.29 is 4.79 Å². The predicted octanol–water partition coefficient (Wildman–Crippen LogP) is 3.65. The van der Waals surface area contributed by atoms with Crippen molar-refractivity contribution in [3.8, 4) is 0 Å². The second-order valence-corrected chi connectivity index (χ2v) is 6.65. The largest absolute Gasteiger partial charge is 0.337 e. The Balaban J connectivity index is 1.65. The molecule has 3 heteroatoms. The molecule has 0 aromatic heterocycles. The molecular weight excluding hydrogens is 296 g/mol. The Labute approximate surface area is 144 Å². The molecule has 1 aliphatic heterocycles. The zero-order chi connectivity index (χ0) is 16.9. The summed E-state index contributed by atoms with van der Waals surface area (Å²) < 4.78 is 0. The van der Waals surface area contributed by atoms with Crippen molar-refractivity contribution >= 4 is 5.91 Å². The smallest absolute Gasteiger partial charge is 0.254 e. The van der Waals surface area contributed by atoms with Crippen molar-refractivity contribution in [3.63, 3.8) is 0 Å². The molecule has 0 saturated carbocycles. The van der Waals surface area contributed by atoms with Gasteiger partial charge >= 0.3 is 0 Å². The fraction of sp³-hybridized carbons (Fsp3) is 0.381. The zero-order valence-corrected chi connectivity index (χ0v) is 14.7. The summed E-state index contributed by atoms with van der Waals surface area (Å²) in [5.41, 5.74) is 4.48. The van der Waals surface area contributed by atoms with E-state index >= 15 is 0 Å². The second-order valence-electron chi connectivity index (χ2n) is 6.65. The highest BCUT2D eigenvalue weighted by molar-refractivity contribution is 5.96. The van der Waals surface area contributed by atoms with Crippen LogP contribution < -0.4 is 0 Å². The van der Waals surface area contributed by atoms with Gasteiger partial charge in [-0.05, 0) is 43.0 Å². The maximum absolute atomic E-state index is 12.9. The molecule has 3 rings (SSSR count). The third-order valence-electron chi connectivity index (χ3n) is 4.96. The van der Waals surface area contributed by atoms with Crippen molar-refractivity contribution in [2.24, 2.45) is 0 Å². The van der Waals surface area contributed by atoms with Gasteiger partial charge in [0.05, 0.1) is 0 Å². The van der Waals surface area contributed by atoms with Gasteiger partial charge in [0, 0.05) is 38.3 Å². The van der Waals surface area contributed by atoms with Crippen LogP contribution in [0.15, 0.2) is 48.5 Å². The van der Waals surface area contributed by atoms with Gasteiger partial charge in [-0.1, -0.05) is 42.5 Å². The van der Waals surface area contributed by atoms with Gasteiger partial charge in [-0.25, -0.2) is 0 Å². The maximum Gasteiger partial charge on any atom is 0.254 e. The van der Waals surface area contributed by atoms with E-state index in [1.165, 1.54) is 11.1 Å². The van der Waals surface area contributed by atoms with Gasteiger partial charge in [-0.3, -0.25) is 9.69 Å². The molecule has 0 bridgehead atoms. The molecule has 0 spiro atoms. The Morgan fingerprint density at radius 3 is 2.50 bits per heavy atom. The van der Waals surface area contributed by atoms with Crippen LogP contribution in [0.2, 0.25) is 0 Å². The average molecular weight is 322 g/mol. The van der Waals surface area contributed by atoms with E-state index in [9.17, 15) is 4.79 Å². The minimum atomic E-state index is 0.178. The predicted molar refractivity (Wildman–Crippen MR) is 98.2 cm³/mol. The Morgan fingerprint density at radius 1 is 0.917 bits per heavy atom. The Morgan fingerprint density at radius 2 is 1.71 bits per heavy atom. The highest BCUT2D eigenvalue weighted by atomic mass is 16.2. The molecule has 1 amide bonds. The Bertz CT molecular complexity index is 696. The molecular formula is C21H26N2O. The van der Waals surface area contributed by atoms with E-state index in [1.807, 2.05) is 24.0 Å². The van der Waals surface area contributed by atoms with Crippen LogP contribution in [0.25, 0.3) is 0 Å². The first-order valence-electron chi connectivity index (χ1n) is 8.77. The average Bonchev–Trinajstić information content (AvgIpc) is 2.83. The molecule has 0 unspecified atom stereocenters. The van der Waals surface area contributed by atoms with Crippen LogP contribution in [0.4, 0.5) is 0 Å². The lowest BCUT2D eigenvalue weighted by Gasteiger charge is -2.23. The summed E-state index contributed by atoms with van der Waals surface area (Å²) in [5, 5.41) is 0. The van der Waals surface area contributed by atoms with E-state index < -0.39 is 0 Å². The highest BCUT2D eigenvalue weighted by Gasteiger charge is 2.21. The molecule has 24 heavy (non-hydrogen) atoms. The van der Waals surface area contributed by atoms with E-state index in [0.29, 0.717) is 0 Å². The van der Waals surface area contributed by atoms with E-state index in [4.69, 9.17) is 0 Å². The number of carbonyl (C=O) groups is 1. The first-order valence-corrected chi connectivity index (χ1v) is 8.77. The summed E-state index contributed by atoms with van der Waals surface area (Å²) >= 11 is 0. The van der Waals surface area contributed by atoms with Gasteiger partial charge in [0.15, 0.2) is 0 Å². The number of carbonyl (C=O) groups excluding carboxylic acids is 1. The number of aryl methyl sites for hydroxylation is 1. The fourth-order valence-corrected chi connectivity index (χ4v) is 3.33. The number of nitrogens with zero attached hydrogens (tertiary/aromatic N) is 2. The lowest BCUT2D eigenvalue weighted by molar-refractivity contribution is 0.0760. The minimum absolute atomic E-state index is 0.178. The monoisotopic (exact) mass is 322 g/mol. The standard InChI is InChI=1S/C21H26N2O/c1-17-8-6-11-20(18(17)2)21(24)23-13-7-12-22(14-15-23)16-19-9-4-3-5-10-19/h3-6,8-11H,7,12-16H2,1-2H3. The molecule has 0 N–H and O–H groups in total. The topological polar surface area (TPSA) is 23.6 Å². The number of hydrogen-bond acceptors (Lipinski definition) is 2. The summed E-state index contributed by atoms with van der Waals surface area (Å²) in [7, 11) is 0. The van der Waals surface area contributed by atoms with Crippen LogP contribution in [-0.2, 0) is 6.54 Å². The van der Waals surface area contributed by atoms with Gasteiger partial charge < -0.3 is 4.90 Å². The molecule has 1 saturated heterocycles.